The molecule has 1 N–H and O–H groups in total. The minimum atomic E-state index is 0.0110. The Morgan fingerprint density at radius 3 is 2.58 bits per heavy atom. The predicted molar refractivity (Wildman–Crippen MR) is 78.9 cm³/mol. The van der Waals surface area contributed by atoms with Crippen LogP contribution in [0.25, 0.3) is 10.7 Å². The summed E-state index contributed by atoms with van der Waals surface area (Å²) in [5, 5.41) is 8.16. The Bertz CT molecular complexity index is 633. The molecule has 0 spiro atoms. The molecule has 7 heteroatoms. The monoisotopic (exact) mass is 298 g/mol. The average Bonchev–Trinajstić information content (AvgIpc) is 2.85. The third-order valence-electron chi connectivity index (χ3n) is 2.70. The highest BCUT2D eigenvalue weighted by molar-refractivity contribution is 7.71. The molecule has 0 aliphatic rings. The quantitative estimate of drug-likeness (QED) is 0.885. The van der Waals surface area contributed by atoms with Gasteiger partial charge >= 0.3 is 0 Å². The molecule has 0 atom stereocenters. The summed E-state index contributed by atoms with van der Waals surface area (Å²) in [5.74, 6) is 0.810. The zero-order valence-corrected chi connectivity index (χ0v) is 13.4. The van der Waals surface area contributed by atoms with Crippen LogP contribution in [-0.2, 0) is 23.8 Å². The lowest BCUT2D eigenvalue weighted by atomic mass is 9.98. The predicted octanol–water partition coefficient (Wildman–Crippen LogP) is 3.05. The lowest BCUT2D eigenvalue weighted by Crippen LogP contribution is -2.10. The SMILES string of the molecule is COCc1nc(C(C)(C)C)sc1-c1n[nH]c(=S)n1C. The fraction of sp³-hybridized carbons (Fsp3) is 0.583. The first-order valence-corrected chi connectivity index (χ1v) is 7.18. The van der Waals surface area contributed by atoms with Crippen LogP contribution in [0.1, 0.15) is 31.5 Å². The molecule has 0 unspecified atom stereocenters. The van der Waals surface area contributed by atoms with E-state index in [2.05, 4.69) is 31.0 Å². The van der Waals surface area contributed by atoms with Crippen molar-refractivity contribution >= 4 is 23.6 Å². The summed E-state index contributed by atoms with van der Waals surface area (Å²) in [6.07, 6.45) is 0. The van der Waals surface area contributed by atoms with Gasteiger partial charge in [0.1, 0.15) is 0 Å². The number of rotatable bonds is 3. The van der Waals surface area contributed by atoms with E-state index in [0.29, 0.717) is 11.4 Å². The third-order valence-corrected chi connectivity index (χ3v) is 4.59. The minimum Gasteiger partial charge on any atom is -0.378 e. The van der Waals surface area contributed by atoms with Crippen molar-refractivity contribution in [3.63, 3.8) is 0 Å². The van der Waals surface area contributed by atoms with Gasteiger partial charge in [0.15, 0.2) is 10.6 Å². The van der Waals surface area contributed by atoms with Crippen molar-refractivity contribution in [3.05, 3.63) is 15.5 Å². The number of aromatic amines is 1. The van der Waals surface area contributed by atoms with Crippen LogP contribution < -0.4 is 0 Å². The molecule has 2 aromatic heterocycles. The maximum atomic E-state index is 5.23. The van der Waals surface area contributed by atoms with E-state index in [-0.39, 0.29) is 5.41 Å². The number of hydrogen-bond acceptors (Lipinski definition) is 5. The van der Waals surface area contributed by atoms with Crippen molar-refractivity contribution in [2.75, 3.05) is 7.11 Å². The second kappa shape index (κ2) is 5.15. The first-order chi connectivity index (χ1) is 8.84. The molecule has 5 nitrogen and oxygen atoms in total. The van der Waals surface area contributed by atoms with Crippen LogP contribution in [-0.4, -0.2) is 26.9 Å². The fourth-order valence-electron chi connectivity index (χ4n) is 1.63. The maximum Gasteiger partial charge on any atom is 0.195 e. The minimum absolute atomic E-state index is 0.0110. The number of ether oxygens (including phenoxy) is 1. The third kappa shape index (κ3) is 2.77. The lowest BCUT2D eigenvalue weighted by molar-refractivity contribution is 0.182. The van der Waals surface area contributed by atoms with Gasteiger partial charge in [-0.2, -0.15) is 5.10 Å². The van der Waals surface area contributed by atoms with Gasteiger partial charge in [-0.1, -0.05) is 20.8 Å². The topological polar surface area (TPSA) is 55.7 Å². The molecule has 0 bridgehead atoms. The number of thiazole rings is 1. The van der Waals surface area contributed by atoms with Crippen molar-refractivity contribution < 1.29 is 4.74 Å². The number of methoxy groups -OCH3 is 1. The van der Waals surface area contributed by atoms with E-state index in [0.717, 1.165) is 21.4 Å². The van der Waals surface area contributed by atoms with Crippen molar-refractivity contribution in [3.8, 4) is 10.7 Å². The maximum absolute atomic E-state index is 5.23. The van der Waals surface area contributed by atoms with Gasteiger partial charge in [-0.3, -0.25) is 5.10 Å². The number of H-pyrrole nitrogens is 1. The number of hydrogen-bond donors (Lipinski definition) is 1. The van der Waals surface area contributed by atoms with Gasteiger partial charge in [-0.05, 0) is 12.2 Å². The normalized spacial score (nSPS) is 12.1. The molecule has 2 aromatic rings. The van der Waals surface area contributed by atoms with E-state index in [1.807, 2.05) is 11.6 Å². The molecule has 104 valence electrons. The molecule has 0 aliphatic heterocycles. The molecule has 0 saturated carbocycles. The summed E-state index contributed by atoms with van der Waals surface area (Å²) in [4.78, 5) is 5.71. The molecule has 0 saturated heterocycles. The molecule has 2 heterocycles. The first kappa shape index (κ1) is 14.4. The van der Waals surface area contributed by atoms with E-state index in [1.54, 1.807) is 18.4 Å². The molecule has 0 radical (unpaired) electrons. The Morgan fingerprint density at radius 2 is 2.11 bits per heavy atom. The Morgan fingerprint density at radius 1 is 1.42 bits per heavy atom. The van der Waals surface area contributed by atoms with Crippen molar-refractivity contribution in [2.24, 2.45) is 7.05 Å². The highest BCUT2D eigenvalue weighted by Crippen LogP contribution is 2.35. The van der Waals surface area contributed by atoms with E-state index >= 15 is 0 Å². The molecule has 0 aromatic carbocycles. The van der Waals surface area contributed by atoms with Gasteiger partial charge in [-0.15, -0.1) is 11.3 Å². The number of aromatic nitrogens is 4. The van der Waals surface area contributed by atoms with E-state index < -0.39 is 0 Å². The van der Waals surface area contributed by atoms with Crippen LogP contribution in [0, 0.1) is 4.77 Å². The van der Waals surface area contributed by atoms with Crippen molar-refractivity contribution in [1.82, 2.24) is 19.7 Å². The summed E-state index contributed by atoms with van der Waals surface area (Å²) in [7, 11) is 3.57. The second-order valence-corrected chi connectivity index (χ2v) is 6.78. The zero-order valence-electron chi connectivity index (χ0n) is 11.8. The van der Waals surface area contributed by atoms with Crippen LogP contribution in [0.5, 0.6) is 0 Å². The number of nitrogens with zero attached hydrogens (tertiary/aromatic N) is 3. The molecule has 2 rings (SSSR count). The summed E-state index contributed by atoms with van der Waals surface area (Å²) >= 11 is 6.81. The summed E-state index contributed by atoms with van der Waals surface area (Å²) < 4.78 is 7.69. The number of nitrogens with one attached hydrogen (secondary N) is 1. The van der Waals surface area contributed by atoms with Gasteiger partial charge < -0.3 is 9.30 Å². The summed E-state index contributed by atoms with van der Waals surface area (Å²) in [5.41, 5.74) is 0.923. The Labute approximate surface area is 121 Å². The van der Waals surface area contributed by atoms with Crippen molar-refractivity contribution in [1.29, 1.82) is 0 Å². The Balaban J connectivity index is 2.58. The molecule has 0 fully saturated rings. The highest BCUT2D eigenvalue weighted by atomic mass is 32.1. The summed E-state index contributed by atoms with van der Waals surface area (Å²) in [6, 6.07) is 0. The van der Waals surface area contributed by atoms with E-state index in [1.165, 1.54) is 0 Å². The highest BCUT2D eigenvalue weighted by Gasteiger charge is 2.24. The van der Waals surface area contributed by atoms with E-state index in [9.17, 15) is 0 Å². The first-order valence-electron chi connectivity index (χ1n) is 5.95. The smallest absolute Gasteiger partial charge is 0.195 e. The Kier molecular flexibility index (Phi) is 3.89. The van der Waals surface area contributed by atoms with Crippen LogP contribution >= 0.6 is 23.6 Å². The van der Waals surface area contributed by atoms with E-state index in [4.69, 9.17) is 21.9 Å². The van der Waals surface area contributed by atoms with Crippen LogP contribution in [0.2, 0.25) is 0 Å². The standard InChI is InChI=1S/C12H18N4OS2/c1-12(2,3)10-13-7(6-17-5)8(19-10)9-14-15-11(18)16(9)4/h6H2,1-5H3,(H,15,18). The molecule has 0 amide bonds. The Hall–Kier alpha value is -1.05. The van der Waals surface area contributed by atoms with Gasteiger partial charge in [-0.25, -0.2) is 4.98 Å². The molecular formula is C12H18N4OS2. The molecule has 19 heavy (non-hydrogen) atoms. The summed E-state index contributed by atoms with van der Waals surface area (Å²) in [6.45, 7) is 6.92. The van der Waals surface area contributed by atoms with Gasteiger partial charge in [0.25, 0.3) is 0 Å². The van der Waals surface area contributed by atoms with Gasteiger partial charge in [0, 0.05) is 19.6 Å². The molecule has 0 aliphatic carbocycles. The zero-order chi connectivity index (χ0) is 14.2. The van der Waals surface area contributed by atoms with Gasteiger partial charge in [0.2, 0.25) is 0 Å². The largest absolute Gasteiger partial charge is 0.378 e. The van der Waals surface area contributed by atoms with Crippen LogP contribution in [0.3, 0.4) is 0 Å². The lowest BCUT2D eigenvalue weighted by Gasteiger charge is -2.13. The fourth-order valence-corrected chi connectivity index (χ4v) is 2.92. The van der Waals surface area contributed by atoms with Crippen molar-refractivity contribution in [2.45, 2.75) is 32.8 Å². The van der Waals surface area contributed by atoms with Gasteiger partial charge in [0.05, 0.1) is 22.2 Å². The van der Waals surface area contributed by atoms with Crippen LogP contribution in [0.15, 0.2) is 0 Å². The second-order valence-electron chi connectivity index (χ2n) is 5.39. The molecular weight excluding hydrogens is 280 g/mol. The average molecular weight is 298 g/mol. The van der Waals surface area contributed by atoms with Crippen LogP contribution in [0.4, 0.5) is 0 Å².